The maximum absolute atomic E-state index is 13.3. The van der Waals surface area contributed by atoms with Crippen LogP contribution < -0.4 is 15.4 Å². The predicted octanol–water partition coefficient (Wildman–Crippen LogP) is 5.50. The van der Waals surface area contributed by atoms with Crippen molar-refractivity contribution in [2.45, 2.75) is 6.61 Å². The lowest BCUT2D eigenvalue weighted by atomic mass is 10.1. The molecule has 0 radical (unpaired) electrons. The Kier molecular flexibility index (Phi) is 6.27. The maximum atomic E-state index is 13.3. The smallest absolute Gasteiger partial charge is 0.291 e. The third kappa shape index (κ3) is 5.20. The molecule has 0 saturated carbocycles. The van der Waals surface area contributed by atoms with Crippen LogP contribution in [0, 0.1) is 5.82 Å². The number of amides is 2. The number of benzene rings is 3. The highest BCUT2D eigenvalue weighted by atomic mass is 19.1. The zero-order valence-corrected chi connectivity index (χ0v) is 16.9. The van der Waals surface area contributed by atoms with Gasteiger partial charge in [0.05, 0.1) is 6.26 Å². The van der Waals surface area contributed by atoms with E-state index in [0.29, 0.717) is 28.3 Å². The largest absolute Gasteiger partial charge is 0.489 e. The summed E-state index contributed by atoms with van der Waals surface area (Å²) < 4.78 is 24.4. The number of hydrogen-bond acceptors (Lipinski definition) is 4. The molecule has 7 heteroatoms. The predicted molar refractivity (Wildman–Crippen MR) is 118 cm³/mol. The fourth-order valence-electron chi connectivity index (χ4n) is 3.02. The van der Waals surface area contributed by atoms with Crippen LogP contribution in [0.1, 0.15) is 26.5 Å². The quantitative estimate of drug-likeness (QED) is 0.406. The van der Waals surface area contributed by atoms with Crippen LogP contribution in [0.5, 0.6) is 5.75 Å². The van der Waals surface area contributed by atoms with Gasteiger partial charge >= 0.3 is 0 Å². The van der Waals surface area contributed by atoms with Crippen LogP contribution in [0.15, 0.2) is 95.6 Å². The summed E-state index contributed by atoms with van der Waals surface area (Å²) >= 11 is 0. The second kappa shape index (κ2) is 9.61. The first kappa shape index (κ1) is 20.9. The van der Waals surface area contributed by atoms with Crippen LogP contribution in [0.25, 0.3) is 0 Å². The third-order valence-corrected chi connectivity index (χ3v) is 4.56. The van der Waals surface area contributed by atoms with Crippen LogP contribution in [-0.4, -0.2) is 11.8 Å². The van der Waals surface area contributed by atoms with E-state index in [4.69, 9.17) is 9.15 Å². The first-order valence-corrected chi connectivity index (χ1v) is 9.81. The maximum Gasteiger partial charge on any atom is 0.291 e. The number of carbonyl (C=O) groups excluding carboxylic acids is 2. The minimum absolute atomic E-state index is 0.121. The lowest BCUT2D eigenvalue weighted by molar-refractivity contribution is 0.0990. The van der Waals surface area contributed by atoms with Crippen molar-refractivity contribution in [2.75, 3.05) is 10.6 Å². The van der Waals surface area contributed by atoms with Crippen LogP contribution in [-0.2, 0) is 6.61 Å². The van der Waals surface area contributed by atoms with Crippen molar-refractivity contribution in [3.63, 3.8) is 0 Å². The molecule has 0 aliphatic rings. The molecule has 0 atom stereocenters. The molecule has 4 aromatic rings. The Balaban J connectivity index is 1.42. The zero-order valence-electron chi connectivity index (χ0n) is 16.9. The number of halogens is 1. The van der Waals surface area contributed by atoms with E-state index in [1.165, 1.54) is 30.5 Å². The number of carbonyl (C=O) groups is 2. The van der Waals surface area contributed by atoms with Gasteiger partial charge in [-0.25, -0.2) is 4.39 Å². The van der Waals surface area contributed by atoms with Gasteiger partial charge in [0.1, 0.15) is 18.2 Å². The highest BCUT2D eigenvalue weighted by Crippen LogP contribution is 2.19. The van der Waals surface area contributed by atoms with E-state index in [-0.39, 0.29) is 12.4 Å². The number of nitrogens with one attached hydrogen (secondary N) is 2. The van der Waals surface area contributed by atoms with Crippen molar-refractivity contribution in [1.29, 1.82) is 0 Å². The molecule has 0 unspecified atom stereocenters. The number of anilines is 2. The number of hydrogen-bond donors (Lipinski definition) is 2. The van der Waals surface area contributed by atoms with Gasteiger partial charge in [-0.15, -0.1) is 0 Å². The summed E-state index contributed by atoms with van der Waals surface area (Å²) in [4.78, 5) is 25.2. The van der Waals surface area contributed by atoms with E-state index in [9.17, 15) is 14.0 Å². The molecule has 0 aliphatic heterocycles. The molecule has 0 fully saturated rings. The number of para-hydroxylation sites is 1. The Bertz CT molecular complexity index is 1240. The highest BCUT2D eigenvalue weighted by molar-refractivity contribution is 6.07. The van der Waals surface area contributed by atoms with Gasteiger partial charge in [-0.05, 0) is 54.6 Å². The monoisotopic (exact) mass is 430 g/mol. The highest BCUT2D eigenvalue weighted by Gasteiger charge is 2.17. The molecule has 6 nitrogen and oxygen atoms in total. The molecule has 1 aromatic heterocycles. The summed E-state index contributed by atoms with van der Waals surface area (Å²) in [5, 5.41) is 5.34. The average molecular weight is 430 g/mol. The molecule has 0 bridgehead atoms. The van der Waals surface area contributed by atoms with Crippen molar-refractivity contribution in [1.82, 2.24) is 0 Å². The van der Waals surface area contributed by atoms with Crippen molar-refractivity contribution >= 4 is 23.2 Å². The van der Waals surface area contributed by atoms with Gasteiger partial charge in [-0.3, -0.25) is 9.59 Å². The van der Waals surface area contributed by atoms with Gasteiger partial charge in [-0.1, -0.05) is 30.3 Å². The van der Waals surface area contributed by atoms with E-state index >= 15 is 0 Å². The van der Waals surface area contributed by atoms with Gasteiger partial charge in [0, 0.05) is 22.5 Å². The summed E-state index contributed by atoms with van der Waals surface area (Å²) in [5.41, 5.74) is 1.64. The Hall–Kier alpha value is -4.39. The SMILES string of the molecule is O=C(Nc1cccc(F)c1)c1cccc(NC(=O)c2occc2COc2ccccc2)c1. The van der Waals surface area contributed by atoms with Crippen molar-refractivity contribution in [3.8, 4) is 5.75 Å². The Morgan fingerprint density at radius 1 is 0.812 bits per heavy atom. The Morgan fingerprint density at radius 2 is 1.53 bits per heavy atom. The molecular formula is C25H19FN2O4. The molecule has 0 saturated heterocycles. The van der Waals surface area contributed by atoms with Gasteiger partial charge in [0.2, 0.25) is 0 Å². The van der Waals surface area contributed by atoms with Gasteiger partial charge in [0.25, 0.3) is 11.8 Å². The van der Waals surface area contributed by atoms with Gasteiger partial charge in [-0.2, -0.15) is 0 Å². The first-order valence-electron chi connectivity index (χ1n) is 9.81. The lowest BCUT2D eigenvalue weighted by Crippen LogP contribution is -2.15. The molecule has 160 valence electrons. The fraction of sp³-hybridized carbons (Fsp3) is 0.0400. The second-order valence-corrected chi connectivity index (χ2v) is 6.88. The van der Waals surface area contributed by atoms with E-state index in [0.717, 1.165) is 0 Å². The summed E-state index contributed by atoms with van der Waals surface area (Å²) in [6.45, 7) is 0.166. The minimum atomic E-state index is -0.468. The first-order chi connectivity index (χ1) is 15.6. The molecule has 0 spiro atoms. The van der Waals surface area contributed by atoms with Crippen molar-refractivity contribution in [3.05, 3.63) is 114 Å². The standard InChI is InChI=1S/C25H19FN2O4/c26-19-7-5-9-21(15-19)27-24(29)17-6-4-8-20(14-17)28-25(30)23-18(12-13-31-23)16-32-22-10-2-1-3-11-22/h1-15H,16H2,(H,27,29)(H,28,30). The number of rotatable bonds is 7. The van der Waals surface area contributed by atoms with E-state index in [2.05, 4.69) is 10.6 Å². The number of furan rings is 1. The molecule has 2 N–H and O–H groups in total. The Labute approximate surface area is 183 Å². The van der Waals surface area contributed by atoms with E-state index in [1.54, 1.807) is 30.3 Å². The zero-order chi connectivity index (χ0) is 22.3. The molecule has 32 heavy (non-hydrogen) atoms. The van der Waals surface area contributed by atoms with Crippen molar-refractivity contribution in [2.24, 2.45) is 0 Å². The van der Waals surface area contributed by atoms with Crippen LogP contribution >= 0.6 is 0 Å². The second-order valence-electron chi connectivity index (χ2n) is 6.88. The minimum Gasteiger partial charge on any atom is -0.489 e. The molecule has 0 aliphatic carbocycles. The summed E-state index contributed by atoms with van der Waals surface area (Å²) in [6.07, 6.45) is 1.42. The summed E-state index contributed by atoms with van der Waals surface area (Å²) in [7, 11) is 0. The molecule has 4 rings (SSSR count). The molecule has 1 heterocycles. The van der Waals surface area contributed by atoms with Crippen LogP contribution in [0.3, 0.4) is 0 Å². The van der Waals surface area contributed by atoms with Crippen molar-refractivity contribution < 1.29 is 23.1 Å². The van der Waals surface area contributed by atoms with E-state index in [1.807, 2.05) is 30.3 Å². The fourth-order valence-corrected chi connectivity index (χ4v) is 3.02. The lowest BCUT2D eigenvalue weighted by Gasteiger charge is -2.09. The third-order valence-electron chi connectivity index (χ3n) is 4.56. The van der Waals surface area contributed by atoms with Crippen LogP contribution in [0.4, 0.5) is 15.8 Å². The van der Waals surface area contributed by atoms with Gasteiger partial charge in [0.15, 0.2) is 5.76 Å². The summed E-state index contributed by atoms with van der Waals surface area (Å²) in [5.74, 6) is -0.548. The number of ether oxygens (including phenoxy) is 1. The normalized spacial score (nSPS) is 10.4. The van der Waals surface area contributed by atoms with E-state index < -0.39 is 17.6 Å². The topological polar surface area (TPSA) is 80.6 Å². The molecule has 3 aromatic carbocycles. The molecular weight excluding hydrogens is 411 g/mol. The molecule has 2 amide bonds. The average Bonchev–Trinajstić information content (AvgIpc) is 3.27. The summed E-state index contributed by atoms with van der Waals surface area (Å²) in [6, 6.07) is 22.9. The Morgan fingerprint density at radius 3 is 2.31 bits per heavy atom. The van der Waals surface area contributed by atoms with Gasteiger partial charge < -0.3 is 19.8 Å². The van der Waals surface area contributed by atoms with Crippen LogP contribution in [0.2, 0.25) is 0 Å².